The van der Waals surface area contributed by atoms with Crippen LogP contribution in [0.3, 0.4) is 0 Å². The van der Waals surface area contributed by atoms with Crippen molar-refractivity contribution in [3.05, 3.63) is 35.9 Å². The zero-order valence-corrected chi connectivity index (χ0v) is 9.73. The molecule has 0 saturated carbocycles. The molecule has 1 atom stereocenters. The first kappa shape index (κ1) is 13.3. The summed E-state index contributed by atoms with van der Waals surface area (Å²) < 4.78 is 0. The van der Waals surface area contributed by atoms with Gasteiger partial charge in [0.2, 0.25) is 5.91 Å². The van der Waals surface area contributed by atoms with Gasteiger partial charge in [-0.1, -0.05) is 30.3 Å². The number of hydrogen-bond donors (Lipinski definition) is 2. The molecule has 1 aromatic carbocycles. The number of amides is 1. The number of carbonyl (C=O) groups is 1. The summed E-state index contributed by atoms with van der Waals surface area (Å²) in [5, 5.41) is 12.0. The molecule has 1 rings (SSSR count). The number of hydrogen-bond acceptors (Lipinski definition) is 2. The van der Waals surface area contributed by atoms with Crippen LogP contribution < -0.4 is 5.32 Å². The zero-order valence-electron chi connectivity index (χ0n) is 9.73. The molecule has 90 valence electrons. The van der Waals surface area contributed by atoms with E-state index in [1.807, 2.05) is 30.3 Å². The van der Waals surface area contributed by atoms with Gasteiger partial charge in [0, 0.05) is 12.8 Å². The lowest BCUT2D eigenvalue weighted by molar-refractivity contribution is -0.122. The fraction of sp³-hybridized carbons (Fsp3) is 0.357. The Morgan fingerprint density at radius 3 is 2.71 bits per heavy atom. The van der Waals surface area contributed by atoms with Crippen molar-refractivity contribution in [1.29, 1.82) is 0 Å². The molecule has 2 N–H and O–H groups in total. The first-order chi connectivity index (χ1) is 8.26. The van der Waals surface area contributed by atoms with Gasteiger partial charge >= 0.3 is 0 Å². The Bertz CT molecular complexity index is 381. The third-order valence-corrected chi connectivity index (χ3v) is 2.41. The average molecular weight is 231 g/mol. The summed E-state index contributed by atoms with van der Waals surface area (Å²) in [6.07, 6.45) is 6.44. The largest absolute Gasteiger partial charge is 0.394 e. The second-order valence-electron chi connectivity index (χ2n) is 3.84. The van der Waals surface area contributed by atoms with Crippen molar-refractivity contribution in [2.75, 3.05) is 6.61 Å². The molecule has 0 fully saturated rings. The highest BCUT2D eigenvalue weighted by molar-refractivity contribution is 5.76. The van der Waals surface area contributed by atoms with Crippen LogP contribution in [0.25, 0.3) is 0 Å². The molecule has 0 aliphatic rings. The highest BCUT2D eigenvalue weighted by Gasteiger charge is 2.11. The van der Waals surface area contributed by atoms with Gasteiger partial charge in [0.15, 0.2) is 0 Å². The molecule has 1 amide bonds. The Morgan fingerprint density at radius 1 is 1.41 bits per heavy atom. The van der Waals surface area contributed by atoms with Crippen LogP contribution in [0.15, 0.2) is 30.3 Å². The highest BCUT2D eigenvalue weighted by atomic mass is 16.3. The molecule has 0 bridgehead atoms. The first-order valence-electron chi connectivity index (χ1n) is 5.64. The molecule has 17 heavy (non-hydrogen) atoms. The molecule has 0 saturated heterocycles. The normalized spacial score (nSPS) is 11.5. The number of nitrogens with one attached hydrogen (secondary N) is 1. The fourth-order valence-electron chi connectivity index (χ4n) is 1.55. The van der Waals surface area contributed by atoms with Crippen LogP contribution in [0.2, 0.25) is 0 Å². The summed E-state index contributed by atoms with van der Waals surface area (Å²) in [5.74, 6) is 2.30. The van der Waals surface area contributed by atoms with Crippen LogP contribution >= 0.6 is 0 Å². The lowest BCUT2D eigenvalue weighted by Gasteiger charge is -2.16. The summed E-state index contributed by atoms with van der Waals surface area (Å²) in [4.78, 5) is 11.4. The van der Waals surface area contributed by atoms with Gasteiger partial charge in [-0.25, -0.2) is 0 Å². The Labute approximate surface area is 102 Å². The molecule has 0 heterocycles. The van der Waals surface area contributed by atoms with Crippen molar-refractivity contribution < 1.29 is 9.90 Å². The zero-order chi connectivity index (χ0) is 12.5. The minimum Gasteiger partial charge on any atom is -0.394 e. The van der Waals surface area contributed by atoms with Crippen LogP contribution in [0.4, 0.5) is 0 Å². The standard InChI is InChI=1S/C14H17NO2/c1-2-3-9-14(17)15-13(11-16)10-12-7-5-4-6-8-12/h1,4-8,13,16H,3,9-11H2,(H,15,17). The SMILES string of the molecule is C#CCCC(=O)NC(CO)Cc1ccccc1. The van der Waals surface area contributed by atoms with E-state index in [2.05, 4.69) is 11.2 Å². The third-order valence-electron chi connectivity index (χ3n) is 2.41. The summed E-state index contributed by atoms with van der Waals surface area (Å²) in [7, 11) is 0. The number of aliphatic hydroxyl groups is 1. The van der Waals surface area contributed by atoms with E-state index in [0.29, 0.717) is 19.3 Å². The number of carbonyl (C=O) groups excluding carboxylic acids is 1. The van der Waals surface area contributed by atoms with Gasteiger partial charge in [-0.3, -0.25) is 4.79 Å². The van der Waals surface area contributed by atoms with Crippen LogP contribution in [0.1, 0.15) is 18.4 Å². The van der Waals surface area contributed by atoms with Crippen molar-refractivity contribution in [2.24, 2.45) is 0 Å². The molecular formula is C14H17NO2. The van der Waals surface area contributed by atoms with E-state index in [-0.39, 0.29) is 18.6 Å². The van der Waals surface area contributed by atoms with Crippen LogP contribution in [-0.2, 0) is 11.2 Å². The molecule has 0 spiro atoms. The summed E-state index contributed by atoms with van der Waals surface area (Å²) in [5.41, 5.74) is 1.09. The minimum absolute atomic E-state index is 0.0727. The fourth-order valence-corrected chi connectivity index (χ4v) is 1.55. The third kappa shape index (κ3) is 5.19. The lowest BCUT2D eigenvalue weighted by atomic mass is 10.1. The Balaban J connectivity index is 2.44. The van der Waals surface area contributed by atoms with E-state index in [0.717, 1.165) is 5.56 Å². The number of terminal acetylenes is 1. The van der Waals surface area contributed by atoms with Crippen molar-refractivity contribution in [1.82, 2.24) is 5.32 Å². The van der Waals surface area contributed by atoms with Crippen molar-refractivity contribution in [3.8, 4) is 12.3 Å². The Kier molecular flexibility index (Phi) is 5.84. The van der Waals surface area contributed by atoms with Gasteiger partial charge in [-0.2, -0.15) is 0 Å². The Morgan fingerprint density at radius 2 is 2.12 bits per heavy atom. The summed E-state index contributed by atoms with van der Waals surface area (Å²) >= 11 is 0. The van der Waals surface area contributed by atoms with E-state index in [1.165, 1.54) is 0 Å². The Hall–Kier alpha value is -1.79. The monoisotopic (exact) mass is 231 g/mol. The maximum atomic E-state index is 11.4. The van der Waals surface area contributed by atoms with E-state index in [4.69, 9.17) is 6.42 Å². The average Bonchev–Trinajstić information content (AvgIpc) is 2.36. The lowest BCUT2D eigenvalue weighted by Crippen LogP contribution is -2.38. The van der Waals surface area contributed by atoms with Gasteiger partial charge in [0.1, 0.15) is 0 Å². The van der Waals surface area contributed by atoms with Gasteiger partial charge in [-0.05, 0) is 12.0 Å². The predicted octanol–water partition coefficient (Wildman–Crippen LogP) is 1.12. The van der Waals surface area contributed by atoms with Crippen LogP contribution in [-0.4, -0.2) is 23.7 Å². The van der Waals surface area contributed by atoms with E-state index >= 15 is 0 Å². The van der Waals surface area contributed by atoms with Crippen molar-refractivity contribution in [2.45, 2.75) is 25.3 Å². The molecule has 0 radical (unpaired) electrons. The molecule has 0 aromatic heterocycles. The second-order valence-corrected chi connectivity index (χ2v) is 3.84. The van der Waals surface area contributed by atoms with E-state index in [9.17, 15) is 9.90 Å². The summed E-state index contributed by atoms with van der Waals surface area (Å²) in [6, 6.07) is 9.49. The second kappa shape index (κ2) is 7.48. The molecule has 1 aromatic rings. The maximum absolute atomic E-state index is 11.4. The van der Waals surface area contributed by atoms with Gasteiger partial charge < -0.3 is 10.4 Å². The molecule has 3 heteroatoms. The van der Waals surface area contributed by atoms with Gasteiger partial charge in [0.25, 0.3) is 0 Å². The topological polar surface area (TPSA) is 49.3 Å². The van der Waals surface area contributed by atoms with E-state index in [1.54, 1.807) is 0 Å². The number of aliphatic hydroxyl groups excluding tert-OH is 1. The quantitative estimate of drug-likeness (QED) is 0.721. The van der Waals surface area contributed by atoms with Crippen LogP contribution in [0.5, 0.6) is 0 Å². The number of benzene rings is 1. The molecular weight excluding hydrogens is 214 g/mol. The predicted molar refractivity (Wildman–Crippen MR) is 67.2 cm³/mol. The summed E-state index contributed by atoms with van der Waals surface area (Å²) in [6.45, 7) is -0.0727. The smallest absolute Gasteiger partial charge is 0.221 e. The van der Waals surface area contributed by atoms with Gasteiger partial charge in [-0.15, -0.1) is 12.3 Å². The van der Waals surface area contributed by atoms with Crippen molar-refractivity contribution >= 4 is 5.91 Å². The van der Waals surface area contributed by atoms with Crippen LogP contribution in [0, 0.1) is 12.3 Å². The van der Waals surface area contributed by atoms with Gasteiger partial charge in [0.05, 0.1) is 12.6 Å². The number of rotatable bonds is 6. The molecule has 0 aliphatic heterocycles. The van der Waals surface area contributed by atoms with E-state index < -0.39 is 0 Å². The molecule has 1 unspecified atom stereocenters. The molecule has 3 nitrogen and oxygen atoms in total. The highest BCUT2D eigenvalue weighted by Crippen LogP contribution is 2.03. The van der Waals surface area contributed by atoms with Crippen molar-refractivity contribution in [3.63, 3.8) is 0 Å². The maximum Gasteiger partial charge on any atom is 0.221 e. The molecule has 0 aliphatic carbocycles. The minimum atomic E-state index is -0.248. The first-order valence-corrected chi connectivity index (χ1v) is 5.64.